The first-order valence-electron chi connectivity index (χ1n) is 7.20. The molecule has 4 unspecified atom stereocenters. The van der Waals surface area contributed by atoms with Gasteiger partial charge in [0, 0.05) is 0 Å². The number of rotatable bonds is 4. The second-order valence-corrected chi connectivity index (χ2v) is 5.60. The van der Waals surface area contributed by atoms with Crippen molar-refractivity contribution in [2.75, 3.05) is 13.2 Å². The summed E-state index contributed by atoms with van der Waals surface area (Å²) in [7, 11) is 0. The SMILES string of the molecule is C[C@@H]1OC(CO)[C@@H](O[C@@H]2OC(CO)CCC2O)[C@H](O)C1O. The zero-order valence-electron chi connectivity index (χ0n) is 11.9. The highest BCUT2D eigenvalue weighted by Gasteiger charge is 2.45. The Morgan fingerprint density at radius 1 is 1.00 bits per heavy atom. The first kappa shape index (κ1) is 17.0. The van der Waals surface area contributed by atoms with Crippen LogP contribution in [0.15, 0.2) is 0 Å². The molecule has 124 valence electrons. The van der Waals surface area contributed by atoms with Crippen LogP contribution in [0.2, 0.25) is 0 Å². The number of hydrogen-bond donors (Lipinski definition) is 5. The highest BCUT2D eigenvalue weighted by Crippen LogP contribution is 2.28. The molecule has 0 aromatic rings. The van der Waals surface area contributed by atoms with Crippen LogP contribution in [0.4, 0.5) is 0 Å². The highest BCUT2D eigenvalue weighted by molar-refractivity contribution is 4.92. The Bertz CT molecular complexity index is 325. The molecule has 2 rings (SSSR count). The maximum absolute atomic E-state index is 10.1. The smallest absolute Gasteiger partial charge is 0.184 e. The molecule has 2 heterocycles. The Hall–Kier alpha value is -0.320. The number of aliphatic hydroxyl groups excluding tert-OH is 5. The average molecular weight is 308 g/mol. The molecule has 0 aromatic carbocycles. The first-order valence-corrected chi connectivity index (χ1v) is 7.20. The van der Waals surface area contributed by atoms with Crippen molar-refractivity contribution in [3.8, 4) is 0 Å². The summed E-state index contributed by atoms with van der Waals surface area (Å²) in [6, 6.07) is 0. The second-order valence-electron chi connectivity index (χ2n) is 5.60. The minimum Gasteiger partial charge on any atom is -0.394 e. The van der Waals surface area contributed by atoms with Gasteiger partial charge in [-0.1, -0.05) is 0 Å². The zero-order chi connectivity index (χ0) is 15.6. The fourth-order valence-corrected chi connectivity index (χ4v) is 2.69. The normalized spacial score (nSPS) is 48.3. The lowest BCUT2D eigenvalue weighted by Gasteiger charge is -2.44. The summed E-state index contributed by atoms with van der Waals surface area (Å²) in [6.45, 7) is 0.991. The van der Waals surface area contributed by atoms with Gasteiger partial charge >= 0.3 is 0 Å². The van der Waals surface area contributed by atoms with Crippen LogP contribution in [-0.2, 0) is 14.2 Å². The van der Waals surface area contributed by atoms with Crippen molar-refractivity contribution >= 4 is 0 Å². The van der Waals surface area contributed by atoms with E-state index >= 15 is 0 Å². The Kier molecular flexibility index (Phi) is 5.92. The Labute approximate surface area is 122 Å². The predicted octanol–water partition coefficient (Wildman–Crippen LogP) is -2.27. The van der Waals surface area contributed by atoms with Crippen LogP contribution in [-0.4, -0.2) is 87.8 Å². The molecule has 0 spiro atoms. The van der Waals surface area contributed by atoms with Crippen LogP contribution < -0.4 is 0 Å². The van der Waals surface area contributed by atoms with E-state index < -0.39 is 55.6 Å². The first-order chi connectivity index (χ1) is 9.97. The molecule has 2 aliphatic rings. The molecule has 8 heteroatoms. The molecule has 8 nitrogen and oxygen atoms in total. The van der Waals surface area contributed by atoms with Crippen molar-refractivity contribution in [1.29, 1.82) is 0 Å². The van der Waals surface area contributed by atoms with Crippen LogP contribution in [0, 0.1) is 0 Å². The van der Waals surface area contributed by atoms with E-state index in [1.165, 1.54) is 0 Å². The lowest BCUT2D eigenvalue weighted by atomic mass is 9.95. The van der Waals surface area contributed by atoms with Crippen molar-refractivity contribution in [3.05, 3.63) is 0 Å². The summed E-state index contributed by atoms with van der Waals surface area (Å²) < 4.78 is 16.3. The van der Waals surface area contributed by atoms with E-state index in [1.54, 1.807) is 6.92 Å². The van der Waals surface area contributed by atoms with Gasteiger partial charge in [-0.25, -0.2) is 0 Å². The van der Waals surface area contributed by atoms with Crippen molar-refractivity contribution in [1.82, 2.24) is 0 Å². The molecule has 0 saturated carbocycles. The molecule has 0 aromatic heterocycles. The van der Waals surface area contributed by atoms with Crippen LogP contribution >= 0.6 is 0 Å². The molecule has 2 saturated heterocycles. The third kappa shape index (κ3) is 3.72. The number of aliphatic hydroxyl groups is 5. The summed E-state index contributed by atoms with van der Waals surface area (Å²) in [6.07, 6.45) is -6.43. The fourth-order valence-electron chi connectivity index (χ4n) is 2.69. The van der Waals surface area contributed by atoms with E-state index in [-0.39, 0.29) is 6.61 Å². The molecule has 0 bridgehead atoms. The van der Waals surface area contributed by atoms with Gasteiger partial charge in [-0.05, 0) is 19.8 Å². The van der Waals surface area contributed by atoms with E-state index in [9.17, 15) is 20.4 Å². The number of ether oxygens (including phenoxy) is 3. The van der Waals surface area contributed by atoms with Gasteiger partial charge in [0.05, 0.1) is 25.4 Å². The van der Waals surface area contributed by atoms with Gasteiger partial charge in [0.25, 0.3) is 0 Å². The minimum absolute atomic E-state index is 0.195. The molecule has 21 heavy (non-hydrogen) atoms. The van der Waals surface area contributed by atoms with Crippen molar-refractivity contribution in [3.63, 3.8) is 0 Å². The topological polar surface area (TPSA) is 129 Å². The predicted molar refractivity (Wildman–Crippen MR) is 69.3 cm³/mol. The van der Waals surface area contributed by atoms with Crippen LogP contribution in [0.1, 0.15) is 19.8 Å². The van der Waals surface area contributed by atoms with Crippen molar-refractivity contribution in [2.45, 2.75) is 68.8 Å². The van der Waals surface area contributed by atoms with Gasteiger partial charge in [-0.15, -0.1) is 0 Å². The molecule has 2 aliphatic heterocycles. The zero-order valence-corrected chi connectivity index (χ0v) is 11.9. The largest absolute Gasteiger partial charge is 0.394 e. The Morgan fingerprint density at radius 2 is 1.71 bits per heavy atom. The van der Waals surface area contributed by atoms with E-state index in [0.717, 1.165) is 0 Å². The van der Waals surface area contributed by atoms with Gasteiger partial charge in [0.15, 0.2) is 6.29 Å². The average Bonchev–Trinajstić information content (AvgIpc) is 2.49. The Balaban J connectivity index is 2.04. The molecule has 2 fully saturated rings. The monoisotopic (exact) mass is 308 g/mol. The molecular formula is C13H24O8. The summed E-state index contributed by atoms with van der Waals surface area (Å²) >= 11 is 0. The van der Waals surface area contributed by atoms with E-state index in [0.29, 0.717) is 12.8 Å². The van der Waals surface area contributed by atoms with Gasteiger partial charge in [0.2, 0.25) is 0 Å². The van der Waals surface area contributed by atoms with Gasteiger partial charge in [-0.2, -0.15) is 0 Å². The van der Waals surface area contributed by atoms with Crippen molar-refractivity contribution in [2.24, 2.45) is 0 Å². The molecule has 0 aliphatic carbocycles. The van der Waals surface area contributed by atoms with Gasteiger partial charge in [-0.3, -0.25) is 0 Å². The van der Waals surface area contributed by atoms with E-state index in [4.69, 9.17) is 19.3 Å². The lowest BCUT2D eigenvalue weighted by molar-refractivity contribution is -0.314. The minimum atomic E-state index is -1.27. The maximum atomic E-state index is 10.1. The van der Waals surface area contributed by atoms with Gasteiger partial charge < -0.3 is 39.7 Å². The molecular weight excluding hydrogens is 284 g/mol. The van der Waals surface area contributed by atoms with Crippen LogP contribution in [0.25, 0.3) is 0 Å². The summed E-state index contributed by atoms with van der Waals surface area (Å²) in [5.41, 5.74) is 0. The maximum Gasteiger partial charge on any atom is 0.184 e. The summed E-state index contributed by atoms with van der Waals surface area (Å²) in [5.74, 6) is 0. The number of hydrogen-bond acceptors (Lipinski definition) is 8. The highest BCUT2D eigenvalue weighted by atomic mass is 16.7. The quantitative estimate of drug-likeness (QED) is 0.393. The standard InChI is InChI=1S/C13H24O8/c1-6-10(17)11(18)12(9(5-15)19-6)21-13-8(16)3-2-7(4-14)20-13/h6-18H,2-5H2,1H3/t6-,7?,8?,9?,10?,11+,12+,13-/m0/s1. The molecule has 0 amide bonds. The van der Waals surface area contributed by atoms with Crippen molar-refractivity contribution < 1.29 is 39.7 Å². The summed E-state index contributed by atoms with van der Waals surface area (Å²) in [4.78, 5) is 0. The molecule has 0 radical (unpaired) electrons. The lowest BCUT2D eigenvalue weighted by Crippen LogP contribution is -2.60. The van der Waals surface area contributed by atoms with Gasteiger partial charge in [0.1, 0.15) is 30.5 Å². The van der Waals surface area contributed by atoms with E-state index in [2.05, 4.69) is 0 Å². The third-order valence-corrected chi connectivity index (χ3v) is 4.02. The Morgan fingerprint density at radius 3 is 2.33 bits per heavy atom. The van der Waals surface area contributed by atoms with E-state index in [1.807, 2.05) is 0 Å². The third-order valence-electron chi connectivity index (χ3n) is 4.02. The fraction of sp³-hybridized carbons (Fsp3) is 1.00. The second kappa shape index (κ2) is 7.30. The van der Waals surface area contributed by atoms with Crippen LogP contribution in [0.3, 0.4) is 0 Å². The molecule has 8 atom stereocenters. The summed E-state index contributed by atoms with van der Waals surface area (Å²) in [5, 5.41) is 48.3. The van der Waals surface area contributed by atoms with Crippen LogP contribution in [0.5, 0.6) is 0 Å². The molecule has 5 N–H and O–H groups in total.